The maximum atomic E-state index is 12.5. The number of thiophene rings is 1. The number of aromatic nitrogens is 5. The number of aromatic amines is 1. The van der Waals surface area contributed by atoms with Crippen molar-refractivity contribution in [1.82, 2.24) is 29.6 Å². The highest BCUT2D eigenvalue weighted by Crippen LogP contribution is 2.47. The lowest BCUT2D eigenvalue weighted by molar-refractivity contribution is 0.165. The third kappa shape index (κ3) is 6.43. The number of hydrogen-bond donors (Lipinski definition) is 2. The van der Waals surface area contributed by atoms with Crippen molar-refractivity contribution in [2.24, 2.45) is 18.9 Å². The number of nitrogens with zero attached hydrogens (tertiary/aromatic N) is 6. The molecule has 252 valence electrons. The molecule has 2 aliphatic carbocycles. The molecule has 4 aromatic rings. The summed E-state index contributed by atoms with van der Waals surface area (Å²) in [7, 11) is 3.77. The summed E-state index contributed by atoms with van der Waals surface area (Å²) in [5.74, 6) is 3.03. The molecule has 13 heteroatoms. The molecule has 0 spiro atoms. The van der Waals surface area contributed by atoms with E-state index >= 15 is 0 Å². The van der Waals surface area contributed by atoms with Crippen LogP contribution in [0.5, 0.6) is 5.88 Å². The molecule has 12 nitrogen and oxygen atoms in total. The Kier molecular flexibility index (Phi) is 10.0. The minimum absolute atomic E-state index is 0.0788. The van der Waals surface area contributed by atoms with E-state index in [-0.39, 0.29) is 17.6 Å². The van der Waals surface area contributed by atoms with E-state index in [0.29, 0.717) is 52.2 Å². The number of rotatable bonds is 7. The third-order valence-corrected chi connectivity index (χ3v) is 10.9. The smallest absolute Gasteiger partial charge is 0.327 e. The van der Waals surface area contributed by atoms with Gasteiger partial charge in [0.25, 0.3) is 0 Å². The molecule has 4 atom stereocenters. The first-order chi connectivity index (χ1) is 22.9. The van der Waals surface area contributed by atoms with Gasteiger partial charge in [-0.25, -0.2) is 9.78 Å². The van der Waals surface area contributed by atoms with Crippen LogP contribution in [0.2, 0.25) is 0 Å². The fourth-order valence-electron chi connectivity index (χ4n) is 7.09. The van der Waals surface area contributed by atoms with Crippen molar-refractivity contribution in [1.29, 1.82) is 5.26 Å². The first kappa shape index (κ1) is 33.2. The molecule has 8 rings (SSSR count). The molecule has 0 bridgehead atoms. The molecule has 47 heavy (non-hydrogen) atoms. The van der Waals surface area contributed by atoms with Crippen molar-refractivity contribution in [3.8, 4) is 23.5 Å². The van der Waals surface area contributed by atoms with Crippen LogP contribution in [0.25, 0.3) is 22.7 Å². The Balaban J connectivity index is 0.000000423. The fraction of sp³-hybridized carbons (Fsp3) is 0.618. The zero-order valence-corrected chi connectivity index (χ0v) is 28.9. The molecule has 0 amide bonds. The van der Waals surface area contributed by atoms with Gasteiger partial charge in [0.2, 0.25) is 17.5 Å². The van der Waals surface area contributed by atoms with Gasteiger partial charge in [-0.15, -0.1) is 11.3 Å². The maximum Gasteiger partial charge on any atom is 0.327 e. The molecule has 2 saturated heterocycles. The topological polar surface area (TPSA) is 161 Å². The van der Waals surface area contributed by atoms with Gasteiger partial charge in [-0.1, -0.05) is 32.3 Å². The Labute approximate surface area is 279 Å². The summed E-state index contributed by atoms with van der Waals surface area (Å²) in [4.78, 5) is 28.2. The van der Waals surface area contributed by atoms with Gasteiger partial charge in [0.05, 0.1) is 11.3 Å². The normalized spacial score (nSPS) is 22.9. The van der Waals surface area contributed by atoms with Crippen LogP contribution in [0.1, 0.15) is 92.5 Å². The summed E-state index contributed by atoms with van der Waals surface area (Å²) >= 11 is 1.50. The Morgan fingerprint density at radius 3 is 2.60 bits per heavy atom. The second-order valence-electron chi connectivity index (χ2n) is 12.8. The summed E-state index contributed by atoms with van der Waals surface area (Å²) in [5.41, 5.74) is 10.1. The van der Waals surface area contributed by atoms with Crippen molar-refractivity contribution in [3.63, 3.8) is 0 Å². The first-order valence-corrected chi connectivity index (χ1v) is 17.9. The molecule has 3 N–H and O–H groups in total. The van der Waals surface area contributed by atoms with Crippen LogP contribution in [-0.4, -0.2) is 69.0 Å². The largest absolute Gasteiger partial charge is 0.474 e. The minimum Gasteiger partial charge on any atom is -0.474 e. The van der Waals surface area contributed by atoms with Crippen molar-refractivity contribution >= 4 is 27.5 Å². The molecule has 2 aliphatic heterocycles. The molecule has 3 fully saturated rings. The van der Waals surface area contributed by atoms with E-state index in [2.05, 4.69) is 40.1 Å². The SMILES string of the molecule is C1OCC2CC12.CC.CCCc1c([C@H]2CCCc3sc(N)c(C#N)c32)noc1-c1nc(OC[C@@H]2CCCN2C)c2c(n1)[nH]c(=O)n2C. The summed E-state index contributed by atoms with van der Waals surface area (Å²) in [6.45, 7) is 9.72. The molecule has 2 unspecified atom stereocenters. The van der Waals surface area contributed by atoms with Gasteiger partial charge in [0.1, 0.15) is 17.7 Å². The average molecular weight is 663 g/mol. The molecule has 6 heterocycles. The number of hydrogen-bond acceptors (Lipinski definition) is 11. The maximum absolute atomic E-state index is 12.5. The molecular formula is C34H46N8O4S. The monoisotopic (exact) mass is 662 g/mol. The van der Waals surface area contributed by atoms with Gasteiger partial charge in [-0.2, -0.15) is 10.2 Å². The number of aryl methyl sites for hydroxylation is 2. The van der Waals surface area contributed by atoms with Gasteiger partial charge in [0.15, 0.2) is 11.2 Å². The predicted octanol–water partition coefficient (Wildman–Crippen LogP) is 5.40. The van der Waals surface area contributed by atoms with Crippen LogP contribution < -0.4 is 16.2 Å². The molecule has 0 radical (unpaired) electrons. The Morgan fingerprint density at radius 1 is 1.17 bits per heavy atom. The third-order valence-electron chi connectivity index (χ3n) is 9.79. The van der Waals surface area contributed by atoms with Crippen molar-refractivity contribution < 1.29 is 14.0 Å². The van der Waals surface area contributed by atoms with Crippen molar-refractivity contribution in [2.75, 3.05) is 39.1 Å². The highest BCUT2D eigenvalue weighted by Gasteiger charge is 2.42. The molecular weight excluding hydrogens is 616 g/mol. The Morgan fingerprint density at radius 2 is 1.96 bits per heavy atom. The molecule has 1 saturated carbocycles. The van der Waals surface area contributed by atoms with Gasteiger partial charge in [-0.05, 0) is 75.9 Å². The highest BCUT2D eigenvalue weighted by atomic mass is 32.1. The van der Waals surface area contributed by atoms with Crippen LogP contribution in [0, 0.1) is 23.2 Å². The number of H-pyrrole nitrogens is 1. The van der Waals surface area contributed by atoms with Crippen molar-refractivity contribution in [2.45, 2.75) is 84.1 Å². The molecule has 4 aromatic heterocycles. The van der Waals surface area contributed by atoms with E-state index in [9.17, 15) is 10.1 Å². The zero-order chi connectivity index (χ0) is 33.2. The number of nitriles is 1. The molecule has 0 aromatic carbocycles. The first-order valence-electron chi connectivity index (χ1n) is 17.0. The molecule has 4 aliphatic rings. The summed E-state index contributed by atoms with van der Waals surface area (Å²) in [6, 6.07) is 2.60. The number of ether oxygens (including phenoxy) is 2. The van der Waals surface area contributed by atoms with Gasteiger partial charge >= 0.3 is 5.69 Å². The number of likely N-dealkylation sites (N-methyl/N-ethyl adjacent to an activating group) is 1. The van der Waals surface area contributed by atoms with Gasteiger partial charge < -0.3 is 24.6 Å². The van der Waals surface area contributed by atoms with E-state index in [1.165, 1.54) is 22.3 Å². The quantitative estimate of drug-likeness (QED) is 0.262. The second kappa shape index (κ2) is 14.2. The minimum atomic E-state index is -0.292. The second-order valence-corrected chi connectivity index (χ2v) is 13.9. The lowest BCUT2D eigenvalue weighted by atomic mass is 9.81. The van der Waals surface area contributed by atoms with Gasteiger partial charge in [0, 0.05) is 42.7 Å². The van der Waals surface area contributed by atoms with Crippen molar-refractivity contribution in [3.05, 3.63) is 37.7 Å². The lowest BCUT2D eigenvalue weighted by Crippen LogP contribution is -2.30. The van der Waals surface area contributed by atoms with E-state index in [1.54, 1.807) is 7.05 Å². The van der Waals surface area contributed by atoms with Gasteiger partial charge in [-0.3, -0.25) is 9.55 Å². The lowest BCUT2D eigenvalue weighted by Gasteiger charge is -2.22. The van der Waals surface area contributed by atoms with Crippen LogP contribution in [0.15, 0.2) is 9.32 Å². The van der Waals surface area contributed by atoms with E-state index in [4.69, 9.17) is 24.7 Å². The van der Waals surface area contributed by atoms with E-state index < -0.39 is 0 Å². The Hall–Kier alpha value is -3.73. The number of nitrogens with one attached hydrogen (secondary N) is 1. The number of likely N-dealkylation sites (tertiary alicyclic amines) is 1. The highest BCUT2D eigenvalue weighted by molar-refractivity contribution is 7.16. The Bertz CT molecular complexity index is 1810. The zero-order valence-electron chi connectivity index (χ0n) is 28.1. The average Bonchev–Trinajstić information content (AvgIpc) is 3.59. The van der Waals surface area contributed by atoms with Crippen LogP contribution in [0.4, 0.5) is 5.00 Å². The van der Waals surface area contributed by atoms with Crippen LogP contribution >= 0.6 is 11.3 Å². The number of nitrogens with two attached hydrogens (primary N) is 1. The van der Waals surface area contributed by atoms with Crippen LogP contribution in [0.3, 0.4) is 0 Å². The number of imidazole rings is 1. The summed E-state index contributed by atoms with van der Waals surface area (Å²) in [6.07, 6.45) is 7.96. The van der Waals surface area contributed by atoms with E-state index in [0.717, 1.165) is 91.8 Å². The standard InChI is InChI=1S/C27H32N8O3S.C5H8O.C2H6/c1-4-7-16-20(15-9-5-10-18-19(15)17(12-28)23(29)39-18)33-38-22(16)25-30-24-21(35(3)27(36)32-24)26(31-25)37-13-14-8-6-11-34(14)2;1-4-2-6-3-5(1)4;1-2/h14-15H,4-11,13,29H2,1-3H3,(H,30,31,32,36);4-5H,1-3H2;1-2H3/t14-,15-;;/m0../s1. The number of fused-ring (bicyclic) bond motifs is 3. The number of anilines is 1. The predicted molar refractivity (Wildman–Crippen MR) is 182 cm³/mol. The summed E-state index contributed by atoms with van der Waals surface area (Å²) in [5, 5.41) is 15.0. The van der Waals surface area contributed by atoms with Crippen LogP contribution in [-0.2, 0) is 24.6 Å². The van der Waals surface area contributed by atoms with E-state index in [1.807, 2.05) is 13.8 Å². The summed E-state index contributed by atoms with van der Waals surface area (Å²) < 4.78 is 18.8. The number of nitrogen functional groups attached to an aromatic ring is 1. The fourth-order valence-corrected chi connectivity index (χ4v) is 8.22.